The molecule has 0 fully saturated rings. The van der Waals surface area contributed by atoms with E-state index in [1.165, 1.54) is 0 Å². The van der Waals surface area contributed by atoms with E-state index in [0.29, 0.717) is 5.69 Å². The fourth-order valence-electron chi connectivity index (χ4n) is 1.90. The molecule has 0 aliphatic heterocycles. The number of amides is 1. The van der Waals surface area contributed by atoms with Gasteiger partial charge in [-0.1, -0.05) is 29.8 Å². The molecule has 0 spiro atoms. The van der Waals surface area contributed by atoms with E-state index in [9.17, 15) is 4.79 Å². The summed E-state index contributed by atoms with van der Waals surface area (Å²) in [5.74, 6) is -0.257. The lowest BCUT2D eigenvalue weighted by Gasteiger charge is -2.15. The number of carbonyl (C=O) groups excluding carboxylic acids is 1. The third kappa shape index (κ3) is 3.10. The molecule has 0 bridgehead atoms. The van der Waals surface area contributed by atoms with E-state index in [1.807, 2.05) is 38.1 Å². The molecule has 0 saturated carbocycles. The van der Waals surface area contributed by atoms with Gasteiger partial charge in [0.1, 0.15) is 0 Å². The zero-order valence-corrected chi connectivity index (χ0v) is 11.1. The molecule has 1 aromatic carbocycles. The fraction of sp³-hybridized carbons (Fsp3) is 0.200. The van der Waals surface area contributed by atoms with Crippen LogP contribution in [0.5, 0.6) is 0 Å². The Morgan fingerprint density at radius 1 is 1.32 bits per heavy atom. The first-order chi connectivity index (χ1) is 9.08. The van der Waals surface area contributed by atoms with E-state index in [-0.39, 0.29) is 17.6 Å². The number of aromatic nitrogens is 1. The fourth-order valence-corrected chi connectivity index (χ4v) is 1.90. The molecule has 0 radical (unpaired) electrons. The molecule has 4 nitrogen and oxygen atoms in total. The number of hydrogen-bond donors (Lipinski definition) is 2. The minimum absolute atomic E-state index is 0.0891. The molecule has 0 unspecified atom stereocenters. The molecule has 1 atom stereocenters. The van der Waals surface area contributed by atoms with Gasteiger partial charge in [-0.3, -0.25) is 4.79 Å². The normalized spacial score (nSPS) is 11.9. The van der Waals surface area contributed by atoms with Crippen molar-refractivity contribution in [3.8, 4) is 0 Å². The van der Waals surface area contributed by atoms with Crippen LogP contribution in [-0.2, 0) is 0 Å². The molecular formula is C15H17N3O. The van der Waals surface area contributed by atoms with Gasteiger partial charge in [0.15, 0.2) is 5.69 Å². The number of carbonyl (C=O) groups is 1. The van der Waals surface area contributed by atoms with Crippen molar-refractivity contribution in [1.82, 2.24) is 10.3 Å². The van der Waals surface area contributed by atoms with Gasteiger partial charge in [-0.05, 0) is 31.5 Å². The van der Waals surface area contributed by atoms with Gasteiger partial charge in [-0.25, -0.2) is 4.98 Å². The van der Waals surface area contributed by atoms with E-state index < -0.39 is 0 Å². The van der Waals surface area contributed by atoms with E-state index in [0.717, 1.165) is 11.1 Å². The first kappa shape index (κ1) is 13.1. The molecule has 2 aromatic rings. The third-order valence-electron chi connectivity index (χ3n) is 2.94. The number of nitrogens with two attached hydrogens (primary N) is 1. The summed E-state index contributed by atoms with van der Waals surface area (Å²) in [6.07, 6.45) is 1.56. The second-order valence-electron chi connectivity index (χ2n) is 4.55. The topological polar surface area (TPSA) is 68.0 Å². The number of rotatable bonds is 3. The number of nitrogens with zero attached hydrogens (tertiary/aromatic N) is 1. The number of nitrogen functional groups attached to an aromatic ring is 1. The molecular weight excluding hydrogens is 238 g/mol. The van der Waals surface area contributed by atoms with Crippen molar-refractivity contribution in [1.29, 1.82) is 0 Å². The maximum Gasteiger partial charge on any atom is 0.272 e. The Labute approximate surface area is 112 Å². The summed E-state index contributed by atoms with van der Waals surface area (Å²) < 4.78 is 0. The standard InChI is InChI=1S/C15H17N3O/c1-10-5-3-6-12(9-10)11(2)18-15(19)14-13(16)7-4-8-17-14/h3-9,11H,16H2,1-2H3,(H,18,19)/t11-/m1/s1. The Balaban J connectivity index is 2.13. The first-order valence-electron chi connectivity index (χ1n) is 6.16. The Hall–Kier alpha value is -2.36. The highest BCUT2D eigenvalue weighted by Crippen LogP contribution is 2.15. The summed E-state index contributed by atoms with van der Waals surface area (Å²) in [4.78, 5) is 16.1. The highest BCUT2D eigenvalue weighted by Gasteiger charge is 2.14. The second-order valence-corrected chi connectivity index (χ2v) is 4.55. The van der Waals surface area contributed by atoms with Gasteiger partial charge >= 0.3 is 0 Å². The summed E-state index contributed by atoms with van der Waals surface area (Å²) in [5, 5.41) is 2.90. The van der Waals surface area contributed by atoms with Crippen LogP contribution >= 0.6 is 0 Å². The van der Waals surface area contributed by atoms with Gasteiger partial charge in [0.05, 0.1) is 11.7 Å². The third-order valence-corrected chi connectivity index (χ3v) is 2.94. The van der Waals surface area contributed by atoms with E-state index in [2.05, 4.69) is 10.3 Å². The van der Waals surface area contributed by atoms with Crippen molar-refractivity contribution in [2.75, 3.05) is 5.73 Å². The summed E-state index contributed by atoms with van der Waals surface area (Å²) in [6.45, 7) is 3.96. The molecule has 0 aliphatic rings. The van der Waals surface area contributed by atoms with E-state index in [1.54, 1.807) is 18.3 Å². The number of nitrogens with one attached hydrogen (secondary N) is 1. The molecule has 1 aromatic heterocycles. The van der Waals surface area contributed by atoms with Crippen LogP contribution in [0.25, 0.3) is 0 Å². The molecule has 0 aliphatic carbocycles. The first-order valence-corrected chi connectivity index (χ1v) is 6.16. The van der Waals surface area contributed by atoms with Crippen molar-refractivity contribution in [2.24, 2.45) is 0 Å². The largest absolute Gasteiger partial charge is 0.397 e. The summed E-state index contributed by atoms with van der Waals surface area (Å²) >= 11 is 0. The second kappa shape index (κ2) is 5.52. The number of benzene rings is 1. The van der Waals surface area contributed by atoms with Crippen molar-refractivity contribution >= 4 is 11.6 Å². The molecule has 1 amide bonds. The van der Waals surface area contributed by atoms with Crippen LogP contribution in [0.15, 0.2) is 42.6 Å². The van der Waals surface area contributed by atoms with Crippen LogP contribution in [0, 0.1) is 6.92 Å². The van der Waals surface area contributed by atoms with Gasteiger partial charge in [-0.15, -0.1) is 0 Å². The number of hydrogen-bond acceptors (Lipinski definition) is 3. The van der Waals surface area contributed by atoms with Crippen LogP contribution in [0.1, 0.15) is 34.6 Å². The van der Waals surface area contributed by atoms with Crippen LogP contribution in [0.3, 0.4) is 0 Å². The zero-order valence-electron chi connectivity index (χ0n) is 11.1. The molecule has 2 rings (SSSR count). The summed E-state index contributed by atoms with van der Waals surface area (Å²) in [7, 11) is 0. The van der Waals surface area contributed by atoms with Crippen molar-refractivity contribution in [3.05, 3.63) is 59.4 Å². The van der Waals surface area contributed by atoms with Crippen LogP contribution < -0.4 is 11.1 Å². The Kier molecular flexibility index (Phi) is 3.80. The van der Waals surface area contributed by atoms with Gasteiger partial charge < -0.3 is 11.1 Å². The summed E-state index contributed by atoms with van der Waals surface area (Å²) in [5.41, 5.74) is 8.61. The highest BCUT2D eigenvalue weighted by atomic mass is 16.1. The summed E-state index contributed by atoms with van der Waals surface area (Å²) in [6, 6.07) is 11.3. The van der Waals surface area contributed by atoms with E-state index in [4.69, 9.17) is 5.73 Å². The van der Waals surface area contributed by atoms with Crippen LogP contribution in [0.4, 0.5) is 5.69 Å². The number of aryl methyl sites for hydroxylation is 1. The zero-order chi connectivity index (χ0) is 13.8. The molecule has 1 heterocycles. The van der Waals surface area contributed by atoms with Gasteiger partial charge in [-0.2, -0.15) is 0 Å². The number of anilines is 1. The molecule has 3 N–H and O–H groups in total. The quantitative estimate of drug-likeness (QED) is 0.885. The van der Waals surface area contributed by atoms with Gasteiger partial charge in [0, 0.05) is 6.20 Å². The van der Waals surface area contributed by atoms with E-state index >= 15 is 0 Å². The van der Waals surface area contributed by atoms with Crippen molar-refractivity contribution in [2.45, 2.75) is 19.9 Å². The number of pyridine rings is 1. The lowest BCUT2D eigenvalue weighted by Crippen LogP contribution is -2.28. The van der Waals surface area contributed by atoms with Gasteiger partial charge in [0.2, 0.25) is 0 Å². The molecule has 0 saturated heterocycles. The average molecular weight is 255 g/mol. The minimum Gasteiger partial charge on any atom is -0.397 e. The Morgan fingerprint density at radius 2 is 2.11 bits per heavy atom. The molecule has 19 heavy (non-hydrogen) atoms. The molecule has 98 valence electrons. The maximum absolute atomic E-state index is 12.1. The predicted octanol–water partition coefficient (Wildman–Crippen LogP) is 2.46. The lowest BCUT2D eigenvalue weighted by molar-refractivity contribution is 0.0936. The van der Waals surface area contributed by atoms with Gasteiger partial charge in [0.25, 0.3) is 5.91 Å². The minimum atomic E-state index is -0.257. The van der Waals surface area contributed by atoms with Crippen LogP contribution in [0.2, 0.25) is 0 Å². The maximum atomic E-state index is 12.1. The Bertz CT molecular complexity index is 595. The monoisotopic (exact) mass is 255 g/mol. The van der Waals surface area contributed by atoms with Crippen LogP contribution in [-0.4, -0.2) is 10.9 Å². The van der Waals surface area contributed by atoms with Crippen molar-refractivity contribution in [3.63, 3.8) is 0 Å². The molecule has 4 heteroatoms. The SMILES string of the molecule is Cc1cccc([C@@H](C)NC(=O)c2ncccc2N)c1. The van der Waals surface area contributed by atoms with Crippen molar-refractivity contribution < 1.29 is 4.79 Å². The highest BCUT2D eigenvalue weighted by molar-refractivity contribution is 5.97. The lowest BCUT2D eigenvalue weighted by atomic mass is 10.1. The smallest absolute Gasteiger partial charge is 0.272 e. The average Bonchev–Trinajstić information content (AvgIpc) is 2.39. The Morgan fingerprint density at radius 3 is 2.79 bits per heavy atom. The predicted molar refractivity (Wildman–Crippen MR) is 75.7 cm³/mol.